The lowest BCUT2D eigenvalue weighted by Gasteiger charge is -2.36. The Labute approximate surface area is 156 Å². The molecular weight excluding hydrogens is 342 g/mol. The molecule has 1 unspecified atom stereocenters. The first kappa shape index (κ1) is 16.0. The monoisotopic (exact) mass is 361 g/mol. The molecule has 1 aliphatic rings. The summed E-state index contributed by atoms with van der Waals surface area (Å²) in [4.78, 5) is 11.3. The van der Waals surface area contributed by atoms with Gasteiger partial charge in [0, 0.05) is 18.2 Å². The second-order valence-corrected chi connectivity index (χ2v) is 6.57. The van der Waals surface area contributed by atoms with Crippen molar-refractivity contribution in [3.63, 3.8) is 0 Å². The Hall–Kier alpha value is -3.19. The first-order valence-electron chi connectivity index (χ1n) is 8.96. The van der Waals surface area contributed by atoms with Crippen LogP contribution in [0.2, 0.25) is 0 Å². The fraction of sp³-hybridized carbons (Fsp3) is 0.250. The number of nitrogens with zero attached hydrogens (tertiary/aromatic N) is 5. The minimum Gasteiger partial charge on any atom is -0.464 e. The van der Waals surface area contributed by atoms with Crippen molar-refractivity contribution in [3.8, 4) is 11.3 Å². The summed E-state index contributed by atoms with van der Waals surface area (Å²) >= 11 is 0. The minimum absolute atomic E-state index is 0.0223. The molecule has 5 rings (SSSR count). The second kappa shape index (κ2) is 6.51. The number of hydrogen-bond acceptors (Lipinski definition) is 6. The van der Waals surface area contributed by atoms with Crippen LogP contribution in [0.4, 0.5) is 5.82 Å². The van der Waals surface area contributed by atoms with Gasteiger partial charge in [-0.25, -0.2) is 4.98 Å². The number of anilines is 1. The van der Waals surface area contributed by atoms with Crippen molar-refractivity contribution < 1.29 is 9.15 Å². The van der Waals surface area contributed by atoms with Gasteiger partial charge in [-0.2, -0.15) is 14.6 Å². The van der Waals surface area contributed by atoms with Gasteiger partial charge < -0.3 is 14.1 Å². The molecule has 0 aliphatic carbocycles. The number of ether oxygens (including phenoxy) is 1. The van der Waals surface area contributed by atoms with Gasteiger partial charge in [-0.05, 0) is 19.1 Å². The third-order valence-electron chi connectivity index (χ3n) is 4.81. The molecule has 0 amide bonds. The van der Waals surface area contributed by atoms with Crippen LogP contribution in [0.3, 0.4) is 0 Å². The van der Waals surface area contributed by atoms with Gasteiger partial charge >= 0.3 is 0 Å². The van der Waals surface area contributed by atoms with E-state index in [9.17, 15) is 0 Å². The Morgan fingerprint density at radius 1 is 1.11 bits per heavy atom. The molecule has 3 aromatic heterocycles. The van der Waals surface area contributed by atoms with Crippen molar-refractivity contribution in [2.24, 2.45) is 0 Å². The van der Waals surface area contributed by atoms with Crippen LogP contribution in [0.15, 0.2) is 59.3 Å². The van der Waals surface area contributed by atoms with E-state index in [-0.39, 0.29) is 6.04 Å². The molecule has 27 heavy (non-hydrogen) atoms. The molecule has 0 bridgehead atoms. The maximum atomic E-state index is 5.90. The maximum absolute atomic E-state index is 5.90. The van der Waals surface area contributed by atoms with E-state index in [1.807, 2.05) is 49.4 Å². The standard InChI is InChI=1S/C20H19N5O2/c1-14-7-8-18(27-14)17-12-26-10-9-24(17)19-11-16(15-5-3-2-4-6-15)23-20-21-13-22-25(19)20/h2-8,11,13,17H,9-10,12H2,1H3. The van der Waals surface area contributed by atoms with Crippen molar-refractivity contribution >= 4 is 11.6 Å². The molecule has 1 saturated heterocycles. The molecule has 7 nitrogen and oxygen atoms in total. The summed E-state index contributed by atoms with van der Waals surface area (Å²) in [5.74, 6) is 3.28. The van der Waals surface area contributed by atoms with Crippen LogP contribution in [0.5, 0.6) is 0 Å². The van der Waals surface area contributed by atoms with Crippen molar-refractivity contribution in [1.29, 1.82) is 0 Å². The number of morpholine rings is 1. The van der Waals surface area contributed by atoms with Gasteiger partial charge in [0.2, 0.25) is 0 Å². The molecule has 1 fully saturated rings. The predicted molar refractivity (Wildman–Crippen MR) is 101 cm³/mol. The lowest BCUT2D eigenvalue weighted by Crippen LogP contribution is -2.40. The maximum Gasteiger partial charge on any atom is 0.254 e. The zero-order valence-corrected chi connectivity index (χ0v) is 14.9. The lowest BCUT2D eigenvalue weighted by molar-refractivity contribution is 0.0868. The fourth-order valence-corrected chi connectivity index (χ4v) is 3.50. The largest absolute Gasteiger partial charge is 0.464 e. The molecule has 1 atom stereocenters. The summed E-state index contributed by atoms with van der Waals surface area (Å²) in [5.41, 5.74) is 1.91. The second-order valence-electron chi connectivity index (χ2n) is 6.57. The van der Waals surface area contributed by atoms with Gasteiger partial charge in [0.15, 0.2) is 0 Å². The quantitative estimate of drug-likeness (QED) is 0.558. The molecule has 0 radical (unpaired) electrons. The van der Waals surface area contributed by atoms with E-state index < -0.39 is 0 Å². The zero-order chi connectivity index (χ0) is 18.2. The van der Waals surface area contributed by atoms with Crippen LogP contribution >= 0.6 is 0 Å². The summed E-state index contributed by atoms with van der Waals surface area (Å²) < 4.78 is 13.4. The first-order chi connectivity index (χ1) is 13.3. The highest BCUT2D eigenvalue weighted by Crippen LogP contribution is 2.32. The number of aromatic nitrogens is 4. The summed E-state index contributed by atoms with van der Waals surface area (Å²) in [7, 11) is 0. The van der Waals surface area contributed by atoms with E-state index in [1.165, 1.54) is 6.33 Å². The first-order valence-corrected chi connectivity index (χ1v) is 8.96. The molecule has 0 N–H and O–H groups in total. The molecule has 0 spiro atoms. The Morgan fingerprint density at radius 2 is 2.00 bits per heavy atom. The highest BCUT2D eigenvalue weighted by Gasteiger charge is 2.30. The number of rotatable bonds is 3. The Morgan fingerprint density at radius 3 is 2.81 bits per heavy atom. The van der Waals surface area contributed by atoms with Gasteiger partial charge in [-0.1, -0.05) is 30.3 Å². The summed E-state index contributed by atoms with van der Waals surface area (Å²) in [6.07, 6.45) is 1.53. The Balaban J connectivity index is 1.65. The molecule has 1 aromatic carbocycles. The smallest absolute Gasteiger partial charge is 0.254 e. The average molecular weight is 361 g/mol. The van der Waals surface area contributed by atoms with Crippen molar-refractivity contribution in [2.45, 2.75) is 13.0 Å². The third-order valence-corrected chi connectivity index (χ3v) is 4.81. The van der Waals surface area contributed by atoms with Crippen LogP contribution < -0.4 is 4.90 Å². The van der Waals surface area contributed by atoms with E-state index in [2.05, 4.69) is 26.0 Å². The molecule has 136 valence electrons. The number of aryl methyl sites for hydroxylation is 1. The zero-order valence-electron chi connectivity index (χ0n) is 14.9. The van der Waals surface area contributed by atoms with Gasteiger partial charge in [0.05, 0.1) is 18.9 Å². The van der Waals surface area contributed by atoms with E-state index in [0.717, 1.165) is 35.1 Å². The van der Waals surface area contributed by atoms with Gasteiger partial charge in [-0.3, -0.25) is 0 Å². The van der Waals surface area contributed by atoms with E-state index in [0.29, 0.717) is 19.0 Å². The highest BCUT2D eigenvalue weighted by atomic mass is 16.5. The summed E-state index contributed by atoms with van der Waals surface area (Å²) in [6.45, 7) is 3.90. The predicted octanol–water partition coefficient (Wildman–Crippen LogP) is 3.27. The minimum atomic E-state index is -0.0223. The van der Waals surface area contributed by atoms with Crippen LogP contribution in [0.1, 0.15) is 17.6 Å². The number of hydrogen-bond donors (Lipinski definition) is 0. The number of benzene rings is 1. The summed E-state index contributed by atoms with van der Waals surface area (Å²) in [6, 6.07) is 16.1. The third kappa shape index (κ3) is 2.86. The average Bonchev–Trinajstić information content (AvgIpc) is 3.37. The molecule has 1 aliphatic heterocycles. The molecule has 4 heterocycles. The van der Waals surface area contributed by atoms with E-state index in [1.54, 1.807) is 4.52 Å². The van der Waals surface area contributed by atoms with E-state index >= 15 is 0 Å². The SMILES string of the molecule is Cc1ccc(C2COCCN2c2cc(-c3ccccc3)nc3ncnn23)o1. The normalized spacial score (nSPS) is 17.5. The summed E-state index contributed by atoms with van der Waals surface area (Å²) in [5, 5.41) is 4.39. The molecule has 7 heteroatoms. The fourth-order valence-electron chi connectivity index (χ4n) is 3.50. The van der Waals surface area contributed by atoms with Crippen LogP contribution in [-0.4, -0.2) is 39.3 Å². The topological polar surface area (TPSA) is 68.7 Å². The van der Waals surface area contributed by atoms with Crippen molar-refractivity contribution in [2.75, 3.05) is 24.7 Å². The van der Waals surface area contributed by atoms with E-state index in [4.69, 9.17) is 9.15 Å². The van der Waals surface area contributed by atoms with Gasteiger partial charge in [0.25, 0.3) is 5.78 Å². The van der Waals surface area contributed by atoms with Crippen LogP contribution in [0.25, 0.3) is 17.0 Å². The molecular formula is C20H19N5O2. The lowest BCUT2D eigenvalue weighted by atomic mass is 10.1. The van der Waals surface area contributed by atoms with Crippen molar-refractivity contribution in [3.05, 3.63) is 66.4 Å². The van der Waals surface area contributed by atoms with Crippen LogP contribution in [0, 0.1) is 6.92 Å². The Kier molecular flexibility index (Phi) is 3.86. The number of furan rings is 1. The highest BCUT2D eigenvalue weighted by molar-refractivity contribution is 5.66. The van der Waals surface area contributed by atoms with Gasteiger partial charge in [0.1, 0.15) is 29.7 Å². The van der Waals surface area contributed by atoms with Crippen LogP contribution in [-0.2, 0) is 4.74 Å². The number of fused-ring (bicyclic) bond motifs is 1. The molecule has 0 saturated carbocycles. The molecule has 4 aromatic rings. The van der Waals surface area contributed by atoms with Crippen molar-refractivity contribution in [1.82, 2.24) is 19.6 Å². The Bertz CT molecular complexity index is 1070. The van der Waals surface area contributed by atoms with Gasteiger partial charge in [-0.15, -0.1) is 0 Å².